The molecule has 1 aromatic heterocycles. The molecular formula is C14H19NO. The first kappa shape index (κ1) is 11.2. The Bertz CT molecular complexity index is 471. The fourth-order valence-corrected chi connectivity index (χ4v) is 1.93. The molecule has 0 aliphatic rings. The van der Waals surface area contributed by atoms with Crippen molar-refractivity contribution in [3.63, 3.8) is 0 Å². The van der Waals surface area contributed by atoms with Gasteiger partial charge in [0.25, 0.3) is 0 Å². The summed E-state index contributed by atoms with van der Waals surface area (Å²) in [6, 6.07) is 8.49. The van der Waals surface area contributed by atoms with Gasteiger partial charge in [0, 0.05) is 5.39 Å². The molecule has 0 atom stereocenters. The van der Waals surface area contributed by atoms with Crippen LogP contribution in [0.3, 0.4) is 0 Å². The zero-order chi connectivity index (χ0) is 11.5. The van der Waals surface area contributed by atoms with Crippen LogP contribution < -0.4 is 5.32 Å². The zero-order valence-corrected chi connectivity index (χ0v) is 10.2. The number of hydrogen-bond acceptors (Lipinski definition) is 2. The predicted octanol–water partition coefficient (Wildman–Crippen LogP) is 3.67. The molecule has 16 heavy (non-hydrogen) atoms. The van der Waals surface area contributed by atoms with Gasteiger partial charge >= 0.3 is 0 Å². The predicted molar refractivity (Wildman–Crippen MR) is 67.7 cm³/mol. The van der Waals surface area contributed by atoms with Crippen molar-refractivity contribution in [1.82, 2.24) is 5.32 Å². The van der Waals surface area contributed by atoms with Crippen LogP contribution in [-0.4, -0.2) is 6.54 Å². The van der Waals surface area contributed by atoms with Gasteiger partial charge in [-0.3, -0.25) is 0 Å². The summed E-state index contributed by atoms with van der Waals surface area (Å²) >= 11 is 0. The standard InChI is InChI=1S/C14H19NO/c1-4-15-9-12-8-11-6-5-7-13(10(2)3)14(11)16-12/h5-8,10,15H,4,9H2,1-3H3. The van der Waals surface area contributed by atoms with Crippen molar-refractivity contribution < 1.29 is 4.42 Å². The first-order valence-corrected chi connectivity index (χ1v) is 5.94. The number of hydrogen-bond donors (Lipinski definition) is 1. The van der Waals surface area contributed by atoms with Crippen molar-refractivity contribution in [2.24, 2.45) is 0 Å². The average Bonchev–Trinajstić information content (AvgIpc) is 2.68. The highest BCUT2D eigenvalue weighted by Gasteiger charge is 2.09. The van der Waals surface area contributed by atoms with E-state index in [1.54, 1.807) is 0 Å². The van der Waals surface area contributed by atoms with E-state index in [1.807, 2.05) is 0 Å². The van der Waals surface area contributed by atoms with Gasteiger partial charge in [0.05, 0.1) is 6.54 Å². The van der Waals surface area contributed by atoms with Gasteiger partial charge in [0.2, 0.25) is 0 Å². The lowest BCUT2D eigenvalue weighted by Gasteiger charge is -2.04. The van der Waals surface area contributed by atoms with E-state index in [-0.39, 0.29) is 0 Å². The van der Waals surface area contributed by atoms with Gasteiger partial charge in [0.15, 0.2) is 0 Å². The second-order valence-electron chi connectivity index (χ2n) is 4.41. The third-order valence-electron chi connectivity index (χ3n) is 2.80. The van der Waals surface area contributed by atoms with Gasteiger partial charge in [-0.05, 0) is 24.1 Å². The maximum atomic E-state index is 5.90. The monoisotopic (exact) mass is 217 g/mol. The van der Waals surface area contributed by atoms with Gasteiger partial charge in [-0.2, -0.15) is 0 Å². The summed E-state index contributed by atoms with van der Waals surface area (Å²) in [6.45, 7) is 8.27. The van der Waals surface area contributed by atoms with Crippen LogP contribution in [0, 0.1) is 0 Å². The van der Waals surface area contributed by atoms with Crippen molar-refractivity contribution >= 4 is 11.0 Å². The van der Waals surface area contributed by atoms with Crippen molar-refractivity contribution in [3.05, 3.63) is 35.6 Å². The highest BCUT2D eigenvalue weighted by molar-refractivity contribution is 5.81. The number of benzene rings is 1. The molecule has 0 aliphatic carbocycles. The summed E-state index contributed by atoms with van der Waals surface area (Å²) in [4.78, 5) is 0. The van der Waals surface area contributed by atoms with E-state index in [0.29, 0.717) is 5.92 Å². The molecule has 0 fully saturated rings. The van der Waals surface area contributed by atoms with Crippen molar-refractivity contribution in [2.45, 2.75) is 33.2 Å². The van der Waals surface area contributed by atoms with Crippen LogP contribution >= 0.6 is 0 Å². The molecule has 0 unspecified atom stereocenters. The summed E-state index contributed by atoms with van der Waals surface area (Å²) < 4.78 is 5.90. The van der Waals surface area contributed by atoms with Gasteiger partial charge in [-0.15, -0.1) is 0 Å². The molecule has 1 heterocycles. The molecular weight excluding hydrogens is 198 g/mol. The minimum absolute atomic E-state index is 0.502. The summed E-state index contributed by atoms with van der Waals surface area (Å²) in [5, 5.41) is 4.49. The van der Waals surface area contributed by atoms with Gasteiger partial charge in [-0.1, -0.05) is 39.0 Å². The Kier molecular flexibility index (Phi) is 3.30. The van der Waals surface area contributed by atoms with E-state index >= 15 is 0 Å². The highest BCUT2D eigenvalue weighted by Crippen LogP contribution is 2.27. The third-order valence-corrected chi connectivity index (χ3v) is 2.80. The summed E-state index contributed by atoms with van der Waals surface area (Å²) in [5.74, 6) is 1.52. The summed E-state index contributed by atoms with van der Waals surface area (Å²) in [6.07, 6.45) is 0. The number of para-hydroxylation sites is 1. The lowest BCUT2D eigenvalue weighted by molar-refractivity contribution is 0.516. The number of fused-ring (bicyclic) bond motifs is 1. The van der Waals surface area contributed by atoms with Gasteiger partial charge in [0.1, 0.15) is 11.3 Å². The Morgan fingerprint density at radius 1 is 1.31 bits per heavy atom. The molecule has 0 aliphatic heterocycles. The molecule has 1 N–H and O–H groups in total. The van der Waals surface area contributed by atoms with E-state index in [0.717, 1.165) is 24.4 Å². The SMILES string of the molecule is CCNCc1cc2cccc(C(C)C)c2o1. The molecule has 0 radical (unpaired) electrons. The fourth-order valence-electron chi connectivity index (χ4n) is 1.93. The summed E-state index contributed by atoms with van der Waals surface area (Å²) in [5.41, 5.74) is 2.34. The van der Waals surface area contributed by atoms with E-state index in [4.69, 9.17) is 4.42 Å². The first-order chi connectivity index (χ1) is 7.72. The normalized spacial score (nSPS) is 11.5. The lowest BCUT2D eigenvalue weighted by atomic mass is 10.0. The van der Waals surface area contributed by atoms with Crippen LogP contribution in [0.1, 0.15) is 38.0 Å². The van der Waals surface area contributed by atoms with Crippen LogP contribution in [0.15, 0.2) is 28.7 Å². The maximum Gasteiger partial charge on any atom is 0.137 e. The smallest absolute Gasteiger partial charge is 0.137 e. The Morgan fingerprint density at radius 2 is 2.12 bits per heavy atom. The fraction of sp³-hybridized carbons (Fsp3) is 0.429. The largest absolute Gasteiger partial charge is 0.459 e. The molecule has 2 aromatic rings. The van der Waals surface area contributed by atoms with Gasteiger partial charge < -0.3 is 9.73 Å². The number of rotatable bonds is 4. The molecule has 2 heteroatoms. The molecule has 0 amide bonds. The second kappa shape index (κ2) is 4.71. The first-order valence-electron chi connectivity index (χ1n) is 5.94. The maximum absolute atomic E-state index is 5.90. The topological polar surface area (TPSA) is 25.2 Å². The van der Waals surface area contributed by atoms with Crippen molar-refractivity contribution in [1.29, 1.82) is 0 Å². The van der Waals surface area contributed by atoms with Crippen LogP contribution in [0.25, 0.3) is 11.0 Å². The molecule has 2 nitrogen and oxygen atoms in total. The van der Waals surface area contributed by atoms with Crippen molar-refractivity contribution in [3.8, 4) is 0 Å². The Labute approximate surface area is 96.6 Å². The van der Waals surface area contributed by atoms with Crippen LogP contribution in [0.4, 0.5) is 0 Å². The molecule has 0 saturated carbocycles. The molecule has 1 aromatic carbocycles. The van der Waals surface area contributed by atoms with E-state index in [1.165, 1.54) is 10.9 Å². The third kappa shape index (κ3) is 2.12. The van der Waals surface area contributed by atoms with Crippen LogP contribution in [-0.2, 0) is 6.54 Å². The Balaban J connectivity index is 2.40. The molecule has 0 bridgehead atoms. The van der Waals surface area contributed by atoms with E-state index < -0.39 is 0 Å². The van der Waals surface area contributed by atoms with Crippen LogP contribution in [0.5, 0.6) is 0 Å². The number of nitrogens with one attached hydrogen (secondary N) is 1. The van der Waals surface area contributed by atoms with E-state index in [9.17, 15) is 0 Å². The molecule has 2 rings (SSSR count). The van der Waals surface area contributed by atoms with Crippen molar-refractivity contribution in [2.75, 3.05) is 6.54 Å². The molecule has 86 valence electrons. The second-order valence-corrected chi connectivity index (χ2v) is 4.41. The average molecular weight is 217 g/mol. The summed E-state index contributed by atoms with van der Waals surface area (Å²) in [7, 11) is 0. The molecule has 0 spiro atoms. The quantitative estimate of drug-likeness (QED) is 0.845. The Hall–Kier alpha value is -1.28. The Morgan fingerprint density at radius 3 is 2.81 bits per heavy atom. The molecule has 0 saturated heterocycles. The minimum atomic E-state index is 0.502. The van der Waals surface area contributed by atoms with Gasteiger partial charge in [-0.25, -0.2) is 0 Å². The lowest BCUT2D eigenvalue weighted by Crippen LogP contribution is -2.10. The highest BCUT2D eigenvalue weighted by atomic mass is 16.3. The zero-order valence-electron chi connectivity index (χ0n) is 10.2. The number of furan rings is 1. The van der Waals surface area contributed by atoms with E-state index in [2.05, 4.69) is 50.4 Å². The van der Waals surface area contributed by atoms with Crippen LogP contribution in [0.2, 0.25) is 0 Å². The minimum Gasteiger partial charge on any atom is -0.459 e.